The number of nitrogens with zero attached hydrogens (tertiary/aromatic N) is 4. The Morgan fingerprint density at radius 1 is 1.06 bits per heavy atom. The highest BCUT2D eigenvalue weighted by Gasteiger charge is 2.35. The van der Waals surface area contributed by atoms with Gasteiger partial charge in [-0.1, -0.05) is 18.2 Å². The van der Waals surface area contributed by atoms with Crippen molar-refractivity contribution in [1.82, 2.24) is 24.7 Å². The molecule has 2 saturated heterocycles. The van der Waals surface area contributed by atoms with E-state index in [1.807, 2.05) is 57.3 Å². The van der Waals surface area contributed by atoms with E-state index in [0.717, 1.165) is 35.0 Å². The fraction of sp³-hybridized carbons (Fsp3) is 0.296. The molecule has 2 aliphatic rings. The number of hydrogen-bond donors (Lipinski definition) is 1. The number of likely N-dealkylation sites (tertiary alicyclic amines) is 2. The van der Waals surface area contributed by atoms with Gasteiger partial charge in [-0.25, -0.2) is 9.37 Å². The molecule has 0 radical (unpaired) electrons. The van der Waals surface area contributed by atoms with Crippen molar-refractivity contribution in [2.24, 2.45) is 7.05 Å². The molecule has 4 aromatic rings. The van der Waals surface area contributed by atoms with Gasteiger partial charge in [-0.3, -0.25) is 9.59 Å². The molecule has 1 atom stereocenters. The smallest absolute Gasteiger partial charge is 0.282 e. The Labute approximate surface area is 212 Å². The lowest BCUT2D eigenvalue weighted by Gasteiger charge is -2.41. The summed E-state index contributed by atoms with van der Waals surface area (Å²) in [7, 11) is 1.94. The zero-order valence-corrected chi connectivity index (χ0v) is 20.7. The van der Waals surface area contributed by atoms with Crippen LogP contribution in [0.15, 0.2) is 60.2 Å². The molecule has 2 fully saturated rings. The fourth-order valence-electron chi connectivity index (χ4n) is 5.21. The first-order chi connectivity index (χ1) is 17.5. The predicted molar refractivity (Wildman–Crippen MR) is 138 cm³/mol. The number of carbonyl (C=O) groups is 2. The zero-order chi connectivity index (χ0) is 24.8. The Morgan fingerprint density at radius 3 is 2.67 bits per heavy atom. The predicted octanol–water partition coefficient (Wildman–Crippen LogP) is 3.77. The number of aromatic nitrogens is 2. The summed E-state index contributed by atoms with van der Waals surface area (Å²) in [6.07, 6.45) is 4.53. The van der Waals surface area contributed by atoms with E-state index in [9.17, 15) is 14.0 Å². The van der Waals surface area contributed by atoms with E-state index >= 15 is 0 Å². The van der Waals surface area contributed by atoms with E-state index in [0.29, 0.717) is 30.2 Å². The first-order valence-electron chi connectivity index (χ1n) is 12.1. The van der Waals surface area contributed by atoms with Crippen molar-refractivity contribution in [2.75, 3.05) is 26.2 Å². The van der Waals surface area contributed by atoms with Crippen molar-refractivity contribution in [3.8, 4) is 11.1 Å². The lowest BCUT2D eigenvalue weighted by Crippen LogP contribution is -2.62. The van der Waals surface area contributed by atoms with Crippen molar-refractivity contribution in [2.45, 2.75) is 18.5 Å². The lowest BCUT2D eigenvalue weighted by molar-refractivity contribution is 0.0553. The van der Waals surface area contributed by atoms with E-state index < -0.39 is 0 Å². The van der Waals surface area contributed by atoms with Gasteiger partial charge in [0.1, 0.15) is 5.82 Å². The number of carbonyl (C=O) groups excluding carboxylic acids is 2. The summed E-state index contributed by atoms with van der Waals surface area (Å²) >= 11 is 1.37. The minimum absolute atomic E-state index is 0.00339. The topological polar surface area (TPSA) is 70.5 Å². The van der Waals surface area contributed by atoms with Crippen LogP contribution in [0.3, 0.4) is 0 Å². The SMILES string of the molecule is Cn1cc(-c2cccc(F)c2)c2ccc(C(=O)N3CC(NC4CCN(C(=O)c5nccs5)C4)C3)cc21. The minimum atomic E-state index is -0.270. The van der Waals surface area contributed by atoms with E-state index in [4.69, 9.17) is 0 Å². The third-order valence-electron chi connectivity index (χ3n) is 7.10. The Kier molecular flexibility index (Phi) is 5.81. The molecule has 0 spiro atoms. The molecule has 1 N–H and O–H groups in total. The third kappa shape index (κ3) is 4.18. The molecular formula is C27H26FN5O2S. The van der Waals surface area contributed by atoms with Gasteiger partial charge in [0, 0.05) is 85.1 Å². The summed E-state index contributed by atoms with van der Waals surface area (Å²) in [6.45, 7) is 2.69. The molecule has 0 saturated carbocycles. The van der Waals surface area contributed by atoms with Gasteiger partial charge in [0.25, 0.3) is 11.8 Å². The average Bonchev–Trinajstić information content (AvgIpc) is 3.61. The molecule has 1 unspecified atom stereocenters. The molecule has 6 rings (SSSR count). The number of benzene rings is 2. The molecule has 0 bridgehead atoms. The van der Waals surface area contributed by atoms with Gasteiger partial charge in [0.15, 0.2) is 5.01 Å². The first kappa shape index (κ1) is 22.9. The van der Waals surface area contributed by atoms with Gasteiger partial charge in [0.05, 0.1) is 0 Å². The van der Waals surface area contributed by atoms with Gasteiger partial charge in [-0.05, 0) is 36.2 Å². The molecule has 7 nitrogen and oxygen atoms in total. The maximum Gasteiger partial charge on any atom is 0.282 e. The second-order valence-electron chi connectivity index (χ2n) is 9.54. The summed E-state index contributed by atoms with van der Waals surface area (Å²) in [5.41, 5.74) is 3.34. The number of amides is 2. The largest absolute Gasteiger partial charge is 0.350 e. The highest BCUT2D eigenvalue weighted by atomic mass is 32.1. The van der Waals surface area contributed by atoms with Crippen LogP contribution in [-0.4, -0.2) is 69.4 Å². The molecule has 2 aromatic carbocycles. The van der Waals surface area contributed by atoms with Crippen molar-refractivity contribution >= 4 is 34.1 Å². The number of fused-ring (bicyclic) bond motifs is 1. The van der Waals surface area contributed by atoms with E-state index in [2.05, 4.69) is 10.3 Å². The van der Waals surface area contributed by atoms with Crippen molar-refractivity contribution < 1.29 is 14.0 Å². The van der Waals surface area contributed by atoms with Crippen LogP contribution in [-0.2, 0) is 7.05 Å². The minimum Gasteiger partial charge on any atom is -0.350 e. The van der Waals surface area contributed by atoms with Crippen molar-refractivity contribution in [3.63, 3.8) is 0 Å². The second-order valence-corrected chi connectivity index (χ2v) is 10.4. The number of nitrogens with one attached hydrogen (secondary N) is 1. The van der Waals surface area contributed by atoms with Crippen LogP contribution in [0, 0.1) is 5.82 Å². The number of halogens is 1. The lowest BCUT2D eigenvalue weighted by atomic mass is 10.0. The number of hydrogen-bond acceptors (Lipinski definition) is 5. The summed E-state index contributed by atoms with van der Waals surface area (Å²) in [6, 6.07) is 12.7. The van der Waals surface area contributed by atoms with Gasteiger partial charge in [-0.2, -0.15) is 0 Å². The molecule has 4 heterocycles. The van der Waals surface area contributed by atoms with Gasteiger partial charge in [-0.15, -0.1) is 11.3 Å². The van der Waals surface area contributed by atoms with Gasteiger partial charge >= 0.3 is 0 Å². The second kappa shape index (κ2) is 9.15. The zero-order valence-electron chi connectivity index (χ0n) is 19.9. The van der Waals surface area contributed by atoms with Gasteiger partial charge < -0.3 is 19.7 Å². The molecular weight excluding hydrogens is 477 g/mol. The van der Waals surface area contributed by atoms with Crippen LogP contribution >= 0.6 is 11.3 Å². The Morgan fingerprint density at radius 2 is 1.89 bits per heavy atom. The highest BCUT2D eigenvalue weighted by molar-refractivity contribution is 7.11. The van der Waals surface area contributed by atoms with Crippen LogP contribution < -0.4 is 5.32 Å². The molecule has 9 heteroatoms. The summed E-state index contributed by atoms with van der Waals surface area (Å²) < 4.78 is 15.7. The van der Waals surface area contributed by atoms with Crippen LogP contribution in [0.25, 0.3) is 22.0 Å². The van der Waals surface area contributed by atoms with E-state index in [1.54, 1.807) is 12.3 Å². The molecule has 2 amide bonds. The normalized spacial score (nSPS) is 18.1. The number of thiazole rings is 1. The van der Waals surface area contributed by atoms with Crippen LogP contribution in [0.4, 0.5) is 4.39 Å². The standard InChI is InChI=1S/C27H26FN5O2S/c1-31-16-23(17-3-2-4-19(28)11-17)22-6-5-18(12-24(22)31)26(34)33-14-21(15-33)30-20-7-9-32(13-20)27(35)25-29-8-10-36-25/h2-6,8,10-12,16,20-21,30H,7,9,13-15H2,1H3. The van der Waals surface area contributed by atoms with Gasteiger partial charge in [0.2, 0.25) is 0 Å². The molecule has 184 valence electrons. The molecule has 36 heavy (non-hydrogen) atoms. The summed E-state index contributed by atoms with van der Waals surface area (Å²) in [4.78, 5) is 33.5. The Hall–Kier alpha value is -3.56. The molecule has 0 aliphatic carbocycles. The Balaban J connectivity index is 1.08. The van der Waals surface area contributed by atoms with Crippen molar-refractivity contribution in [1.29, 1.82) is 0 Å². The van der Waals surface area contributed by atoms with Crippen molar-refractivity contribution in [3.05, 3.63) is 76.6 Å². The molecule has 2 aliphatic heterocycles. The van der Waals surface area contributed by atoms with Crippen LogP contribution in [0.5, 0.6) is 0 Å². The number of rotatable bonds is 5. The molecule has 2 aromatic heterocycles. The van der Waals surface area contributed by atoms with Crippen LogP contribution in [0.2, 0.25) is 0 Å². The summed E-state index contributed by atoms with van der Waals surface area (Å²) in [5.74, 6) is -0.263. The average molecular weight is 504 g/mol. The maximum atomic E-state index is 13.8. The van der Waals surface area contributed by atoms with E-state index in [-0.39, 0.29) is 29.7 Å². The Bertz CT molecular complexity index is 1440. The highest BCUT2D eigenvalue weighted by Crippen LogP contribution is 2.31. The number of aryl methyl sites for hydroxylation is 1. The monoisotopic (exact) mass is 503 g/mol. The fourth-order valence-corrected chi connectivity index (χ4v) is 5.82. The quantitative estimate of drug-likeness (QED) is 0.450. The third-order valence-corrected chi connectivity index (χ3v) is 7.87. The van der Waals surface area contributed by atoms with Crippen LogP contribution in [0.1, 0.15) is 26.6 Å². The first-order valence-corrected chi connectivity index (χ1v) is 12.9. The summed E-state index contributed by atoms with van der Waals surface area (Å²) in [5, 5.41) is 6.95. The maximum absolute atomic E-state index is 13.8. The van der Waals surface area contributed by atoms with E-state index in [1.165, 1.54) is 23.5 Å².